The standard InChI is InChI=1S/C24H21F2N3O3/c1-31-21-11-16(7-10-20(21)32-14-15-5-3-2-4-6-15)13-27-24(30)17-8-9-18-19(12-17)29-23(28-18)22(25)26/h2-12,22H,13-14H2,1H3,(H,27,30)(H,28,29). The summed E-state index contributed by atoms with van der Waals surface area (Å²) in [6, 6.07) is 19.8. The lowest BCUT2D eigenvalue weighted by Gasteiger charge is -2.13. The molecule has 2 N–H and O–H groups in total. The highest BCUT2D eigenvalue weighted by molar-refractivity contribution is 5.97. The molecule has 8 heteroatoms. The zero-order chi connectivity index (χ0) is 22.5. The van der Waals surface area contributed by atoms with E-state index >= 15 is 0 Å². The predicted octanol–water partition coefficient (Wildman–Crippen LogP) is 5.02. The highest BCUT2D eigenvalue weighted by Crippen LogP contribution is 2.29. The molecule has 0 bridgehead atoms. The SMILES string of the molecule is COc1cc(CNC(=O)c2ccc3nc(C(F)F)[nH]c3c2)ccc1OCc1ccccc1. The van der Waals surface area contributed by atoms with Crippen LogP contribution in [-0.4, -0.2) is 23.0 Å². The van der Waals surface area contributed by atoms with Crippen molar-refractivity contribution in [1.82, 2.24) is 15.3 Å². The number of rotatable bonds is 8. The van der Waals surface area contributed by atoms with Gasteiger partial charge in [0.2, 0.25) is 0 Å². The summed E-state index contributed by atoms with van der Waals surface area (Å²) in [4.78, 5) is 18.9. The Morgan fingerprint density at radius 3 is 2.59 bits per heavy atom. The second-order valence-electron chi connectivity index (χ2n) is 7.10. The molecule has 0 aliphatic heterocycles. The van der Waals surface area contributed by atoms with E-state index in [9.17, 15) is 13.6 Å². The lowest BCUT2D eigenvalue weighted by molar-refractivity contribution is 0.0951. The van der Waals surface area contributed by atoms with E-state index in [1.807, 2.05) is 36.4 Å². The second kappa shape index (κ2) is 9.47. The summed E-state index contributed by atoms with van der Waals surface area (Å²) in [5.41, 5.74) is 2.98. The Morgan fingerprint density at radius 2 is 1.84 bits per heavy atom. The number of halogens is 2. The Labute approximate surface area is 183 Å². The Bertz CT molecular complexity index is 1230. The largest absolute Gasteiger partial charge is 0.493 e. The van der Waals surface area contributed by atoms with Crippen LogP contribution >= 0.6 is 0 Å². The van der Waals surface area contributed by atoms with Gasteiger partial charge in [0.1, 0.15) is 6.61 Å². The van der Waals surface area contributed by atoms with Gasteiger partial charge in [0.15, 0.2) is 17.3 Å². The Balaban J connectivity index is 1.40. The van der Waals surface area contributed by atoms with Gasteiger partial charge >= 0.3 is 0 Å². The van der Waals surface area contributed by atoms with Gasteiger partial charge in [-0.15, -0.1) is 0 Å². The molecule has 0 saturated heterocycles. The first-order valence-electron chi connectivity index (χ1n) is 9.93. The number of H-pyrrole nitrogens is 1. The third kappa shape index (κ3) is 4.85. The fourth-order valence-electron chi connectivity index (χ4n) is 3.23. The maximum atomic E-state index is 12.8. The molecule has 1 aromatic heterocycles. The third-order valence-corrected chi connectivity index (χ3v) is 4.89. The van der Waals surface area contributed by atoms with Crippen LogP contribution in [0.2, 0.25) is 0 Å². The number of methoxy groups -OCH3 is 1. The van der Waals surface area contributed by atoms with Gasteiger partial charge in [0.25, 0.3) is 12.3 Å². The van der Waals surface area contributed by atoms with Crippen LogP contribution < -0.4 is 14.8 Å². The number of fused-ring (bicyclic) bond motifs is 1. The van der Waals surface area contributed by atoms with Gasteiger partial charge in [-0.1, -0.05) is 36.4 Å². The first-order valence-corrected chi connectivity index (χ1v) is 9.93. The van der Waals surface area contributed by atoms with Crippen molar-refractivity contribution in [2.45, 2.75) is 19.6 Å². The maximum Gasteiger partial charge on any atom is 0.295 e. The Morgan fingerprint density at radius 1 is 1.03 bits per heavy atom. The van der Waals surface area contributed by atoms with Crippen molar-refractivity contribution in [1.29, 1.82) is 0 Å². The normalized spacial score (nSPS) is 11.0. The minimum atomic E-state index is -2.70. The predicted molar refractivity (Wildman–Crippen MR) is 116 cm³/mol. The number of nitrogens with one attached hydrogen (secondary N) is 2. The number of hydrogen-bond donors (Lipinski definition) is 2. The van der Waals surface area contributed by atoms with E-state index in [1.54, 1.807) is 25.3 Å². The van der Waals surface area contributed by atoms with E-state index < -0.39 is 12.2 Å². The molecule has 0 unspecified atom stereocenters. The third-order valence-electron chi connectivity index (χ3n) is 4.89. The van der Waals surface area contributed by atoms with Gasteiger partial charge in [-0.2, -0.15) is 0 Å². The first-order chi connectivity index (χ1) is 15.5. The van der Waals surface area contributed by atoms with E-state index in [4.69, 9.17) is 9.47 Å². The fourth-order valence-corrected chi connectivity index (χ4v) is 3.23. The highest BCUT2D eigenvalue weighted by Gasteiger charge is 2.14. The molecule has 0 spiro atoms. The zero-order valence-electron chi connectivity index (χ0n) is 17.3. The number of benzene rings is 3. The maximum absolute atomic E-state index is 12.8. The van der Waals surface area contributed by atoms with Crippen molar-refractivity contribution >= 4 is 16.9 Å². The van der Waals surface area contributed by atoms with E-state index in [0.29, 0.717) is 34.7 Å². The number of nitrogens with zero attached hydrogens (tertiary/aromatic N) is 1. The van der Waals surface area contributed by atoms with Crippen molar-refractivity contribution in [3.05, 3.63) is 89.2 Å². The van der Waals surface area contributed by atoms with Crippen molar-refractivity contribution in [2.75, 3.05) is 7.11 Å². The molecule has 0 aliphatic carbocycles. The summed E-state index contributed by atoms with van der Waals surface area (Å²) in [6.07, 6.45) is -2.70. The summed E-state index contributed by atoms with van der Waals surface area (Å²) in [5.74, 6) is 0.416. The minimum absolute atomic E-state index is 0.261. The zero-order valence-corrected chi connectivity index (χ0v) is 17.3. The molecule has 1 heterocycles. The van der Waals surface area contributed by atoms with E-state index in [2.05, 4.69) is 15.3 Å². The van der Waals surface area contributed by atoms with Gasteiger partial charge in [0, 0.05) is 12.1 Å². The first kappa shape index (κ1) is 21.3. The van der Waals surface area contributed by atoms with Crippen LogP contribution in [0.4, 0.5) is 8.78 Å². The second-order valence-corrected chi connectivity index (χ2v) is 7.10. The smallest absolute Gasteiger partial charge is 0.295 e. The molecule has 1 amide bonds. The van der Waals surface area contributed by atoms with Crippen LogP contribution in [0.3, 0.4) is 0 Å². The van der Waals surface area contributed by atoms with Crippen molar-refractivity contribution < 1.29 is 23.0 Å². The molecule has 164 valence electrons. The summed E-state index contributed by atoms with van der Waals surface area (Å²) < 4.78 is 36.9. The molecule has 4 rings (SSSR count). The summed E-state index contributed by atoms with van der Waals surface area (Å²) in [5, 5.41) is 2.82. The molecular weight excluding hydrogens is 416 g/mol. The van der Waals surface area contributed by atoms with Crippen molar-refractivity contribution in [3.63, 3.8) is 0 Å². The van der Waals surface area contributed by atoms with Crippen molar-refractivity contribution in [3.8, 4) is 11.5 Å². The number of aromatic nitrogens is 2. The van der Waals surface area contributed by atoms with Crippen LogP contribution in [0, 0.1) is 0 Å². The molecule has 3 aromatic carbocycles. The summed E-state index contributed by atoms with van der Waals surface area (Å²) >= 11 is 0. The van der Waals surface area contributed by atoms with E-state index in [1.165, 1.54) is 12.1 Å². The lowest BCUT2D eigenvalue weighted by atomic mass is 10.1. The van der Waals surface area contributed by atoms with Gasteiger partial charge < -0.3 is 19.8 Å². The minimum Gasteiger partial charge on any atom is -0.493 e. The van der Waals surface area contributed by atoms with Crippen LogP contribution in [0.15, 0.2) is 66.7 Å². The molecule has 6 nitrogen and oxygen atoms in total. The topological polar surface area (TPSA) is 76.2 Å². The molecule has 0 atom stereocenters. The molecular formula is C24H21F2N3O3. The van der Waals surface area contributed by atoms with Crippen molar-refractivity contribution in [2.24, 2.45) is 0 Å². The van der Waals surface area contributed by atoms with Crippen LogP contribution in [0.25, 0.3) is 11.0 Å². The van der Waals surface area contributed by atoms with Gasteiger partial charge in [-0.25, -0.2) is 13.8 Å². The quantitative estimate of drug-likeness (QED) is 0.406. The number of carbonyl (C=O) groups is 1. The van der Waals surface area contributed by atoms with E-state index in [0.717, 1.165) is 11.1 Å². The summed E-state index contributed by atoms with van der Waals surface area (Å²) in [6.45, 7) is 0.675. The van der Waals surface area contributed by atoms with Crippen LogP contribution in [-0.2, 0) is 13.2 Å². The average Bonchev–Trinajstić information content (AvgIpc) is 3.26. The average molecular weight is 437 g/mol. The number of imidazole rings is 1. The Hall–Kier alpha value is -3.94. The van der Waals surface area contributed by atoms with Crippen LogP contribution in [0.5, 0.6) is 11.5 Å². The number of ether oxygens (including phenoxy) is 2. The molecule has 32 heavy (non-hydrogen) atoms. The number of aromatic amines is 1. The molecule has 0 radical (unpaired) electrons. The monoisotopic (exact) mass is 437 g/mol. The van der Waals surface area contributed by atoms with Crippen LogP contribution in [0.1, 0.15) is 33.7 Å². The number of amides is 1. The van der Waals surface area contributed by atoms with E-state index in [-0.39, 0.29) is 12.5 Å². The summed E-state index contributed by atoms with van der Waals surface area (Å²) in [7, 11) is 1.56. The van der Waals surface area contributed by atoms with Gasteiger partial charge in [0.05, 0.1) is 18.1 Å². The lowest BCUT2D eigenvalue weighted by Crippen LogP contribution is -2.22. The van der Waals surface area contributed by atoms with Gasteiger partial charge in [-0.3, -0.25) is 4.79 Å². The highest BCUT2D eigenvalue weighted by atomic mass is 19.3. The molecule has 0 saturated carbocycles. The number of carbonyl (C=O) groups excluding carboxylic acids is 1. The molecule has 4 aromatic rings. The Kier molecular flexibility index (Phi) is 6.30. The number of alkyl halides is 2. The number of hydrogen-bond acceptors (Lipinski definition) is 4. The fraction of sp³-hybridized carbons (Fsp3) is 0.167. The molecule has 0 aliphatic rings. The van der Waals surface area contributed by atoms with Gasteiger partial charge in [-0.05, 0) is 41.5 Å². The molecule has 0 fully saturated rings.